The van der Waals surface area contributed by atoms with E-state index < -0.39 is 5.60 Å². The van der Waals surface area contributed by atoms with Crippen molar-refractivity contribution in [1.29, 1.82) is 0 Å². The van der Waals surface area contributed by atoms with Gasteiger partial charge in [0.2, 0.25) is 0 Å². The highest BCUT2D eigenvalue weighted by Gasteiger charge is 2.33. The average molecular weight is 418 g/mol. The first kappa shape index (κ1) is 21.2. The Labute approximate surface area is 184 Å². The van der Waals surface area contributed by atoms with Gasteiger partial charge in [0.15, 0.2) is 0 Å². The minimum Gasteiger partial charge on any atom is -0.496 e. The Hall–Kier alpha value is -3.01. The Bertz CT molecular complexity index is 1200. The summed E-state index contributed by atoms with van der Waals surface area (Å²) >= 11 is 0. The zero-order valence-electron chi connectivity index (χ0n) is 19.3. The molecule has 0 fully saturated rings. The third-order valence-corrected chi connectivity index (χ3v) is 6.06. The van der Waals surface area contributed by atoms with Gasteiger partial charge in [0.25, 0.3) is 0 Å². The van der Waals surface area contributed by atoms with Crippen molar-refractivity contribution in [1.82, 2.24) is 4.90 Å². The van der Waals surface area contributed by atoms with Crippen LogP contribution in [0.3, 0.4) is 0 Å². The van der Waals surface area contributed by atoms with Gasteiger partial charge in [0, 0.05) is 0 Å². The van der Waals surface area contributed by atoms with E-state index >= 15 is 0 Å². The Kier molecular flexibility index (Phi) is 5.20. The van der Waals surface area contributed by atoms with Crippen molar-refractivity contribution in [3.8, 4) is 5.75 Å². The van der Waals surface area contributed by atoms with Gasteiger partial charge in [-0.3, -0.25) is 4.90 Å². The van der Waals surface area contributed by atoms with Crippen LogP contribution in [0.4, 0.5) is 4.79 Å². The monoisotopic (exact) mass is 417 g/mol. The van der Waals surface area contributed by atoms with Gasteiger partial charge >= 0.3 is 6.09 Å². The molecule has 4 heteroatoms. The molecular weight excluding hydrogens is 386 g/mol. The fourth-order valence-corrected chi connectivity index (χ4v) is 4.60. The molecule has 1 aliphatic heterocycles. The number of ether oxygens (including phenoxy) is 2. The van der Waals surface area contributed by atoms with Crippen molar-refractivity contribution in [2.24, 2.45) is 0 Å². The first-order chi connectivity index (χ1) is 14.6. The summed E-state index contributed by atoms with van der Waals surface area (Å²) in [4.78, 5) is 14.8. The maximum absolute atomic E-state index is 13.0. The molecule has 4 rings (SSSR count). The van der Waals surface area contributed by atoms with Crippen LogP contribution in [0.15, 0.2) is 43.0 Å². The SMILES string of the molecule is C=C[C@@H]1Cc2c(c3ccc(C)cc3c3cc(C)c(OC)cc23)CN1C(=O)OC(C)(C)C. The first-order valence-corrected chi connectivity index (χ1v) is 10.8. The fourth-order valence-electron chi connectivity index (χ4n) is 4.60. The van der Waals surface area contributed by atoms with Crippen LogP contribution in [-0.2, 0) is 17.7 Å². The number of aryl methyl sites for hydroxylation is 2. The van der Waals surface area contributed by atoms with Crippen LogP contribution in [-0.4, -0.2) is 29.7 Å². The van der Waals surface area contributed by atoms with E-state index in [1.54, 1.807) is 12.0 Å². The van der Waals surface area contributed by atoms with Gasteiger partial charge < -0.3 is 9.47 Å². The second-order valence-electron chi connectivity index (χ2n) is 9.49. The van der Waals surface area contributed by atoms with E-state index in [-0.39, 0.29) is 12.1 Å². The zero-order chi connectivity index (χ0) is 22.5. The minimum absolute atomic E-state index is 0.124. The summed E-state index contributed by atoms with van der Waals surface area (Å²) < 4.78 is 11.4. The number of carbonyl (C=O) groups excluding carboxylic acids is 1. The van der Waals surface area contributed by atoms with Gasteiger partial charge in [-0.15, -0.1) is 6.58 Å². The number of rotatable bonds is 2. The van der Waals surface area contributed by atoms with Gasteiger partial charge in [0.1, 0.15) is 11.4 Å². The van der Waals surface area contributed by atoms with E-state index in [4.69, 9.17) is 9.47 Å². The van der Waals surface area contributed by atoms with Crippen LogP contribution in [0.5, 0.6) is 5.75 Å². The topological polar surface area (TPSA) is 38.8 Å². The van der Waals surface area contributed by atoms with Gasteiger partial charge in [-0.05, 0) is 91.4 Å². The average Bonchev–Trinajstić information content (AvgIpc) is 2.71. The minimum atomic E-state index is -0.545. The molecule has 31 heavy (non-hydrogen) atoms. The quantitative estimate of drug-likeness (QED) is 0.354. The van der Waals surface area contributed by atoms with Crippen molar-refractivity contribution >= 4 is 27.6 Å². The third-order valence-electron chi connectivity index (χ3n) is 6.06. The molecule has 0 saturated heterocycles. The van der Waals surface area contributed by atoms with E-state index in [0.29, 0.717) is 13.0 Å². The third kappa shape index (κ3) is 3.76. The molecule has 3 aromatic rings. The lowest BCUT2D eigenvalue weighted by Crippen LogP contribution is -2.45. The first-order valence-electron chi connectivity index (χ1n) is 10.8. The predicted molar refractivity (Wildman–Crippen MR) is 127 cm³/mol. The molecule has 1 heterocycles. The van der Waals surface area contributed by atoms with Gasteiger partial charge in [-0.25, -0.2) is 4.79 Å². The normalized spacial score (nSPS) is 16.3. The van der Waals surface area contributed by atoms with Crippen molar-refractivity contribution in [2.75, 3.05) is 7.11 Å². The van der Waals surface area contributed by atoms with E-state index in [2.05, 4.69) is 50.8 Å². The molecule has 3 aromatic carbocycles. The molecule has 0 bridgehead atoms. The highest BCUT2D eigenvalue weighted by molar-refractivity contribution is 6.12. The van der Waals surface area contributed by atoms with Crippen molar-refractivity contribution < 1.29 is 14.3 Å². The number of nitrogens with zero attached hydrogens (tertiary/aromatic N) is 1. The molecule has 0 N–H and O–H groups in total. The molecule has 0 radical (unpaired) electrons. The molecule has 1 atom stereocenters. The number of amides is 1. The van der Waals surface area contributed by atoms with Crippen LogP contribution < -0.4 is 4.74 Å². The summed E-state index contributed by atoms with van der Waals surface area (Å²) in [6, 6.07) is 10.8. The van der Waals surface area contributed by atoms with Crippen LogP contribution >= 0.6 is 0 Å². The van der Waals surface area contributed by atoms with E-state index in [0.717, 1.165) is 11.3 Å². The molecule has 0 unspecified atom stereocenters. The number of carbonyl (C=O) groups is 1. The lowest BCUT2D eigenvalue weighted by Gasteiger charge is -2.37. The summed E-state index contributed by atoms with van der Waals surface area (Å²) in [5, 5.41) is 4.81. The van der Waals surface area contributed by atoms with Crippen LogP contribution in [0.1, 0.15) is 43.0 Å². The molecular formula is C27H31NO3. The lowest BCUT2D eigenvalue weighted by atomic mass is 9.84. The zero-order valence-corrected chi connectivity index (χ0v) is 19.3. The largest absolute Gasteiger partial charge is 0.496 e. The van der Waals surface area contributed by atoms with Gasteiger partial charge in [0.05, 0.1) is 19.7 Å². The highest BCUT2D eigenvalue weighted by Crippen LogP contribution is 2.40. The summed E-state index contributed by atoms with van der Waals surface area (Å²) in [6.07, 6.45) is 2.25. The summed E-state index contributed by atoms with van der Waals surface area (Å²) in [6.45, 7) is 14.4. The highest BCUT2D eigenvalue weighted by atomic mass is 16.6. The van der Waals surface area contributed by atoms with Crippen molar-refractivity contribution in [2.45, 2.75) is 59.2 Å². The molecule has 1 aliphatic rings. The number of methoxy groups -OCH3 is 1. The van der Waals surface area contributed by atoms with Crippen LogP contribution in [0, 0.1) is 13.8 Å². The molecule has 0 aromatic heterocycles. The maximum Gasteiger partial charge on any atom is 0.411 e. The summed E-state index contributed by atoms with van der Waals surface area (Å²) in [7, 11) is 1.71. The molecule has 4 nitrogen and oxygen atoms in total. The Balaban J connectivity index is 1.98. The Morgan fingerprint density at radius 1 is 1.06 bits per heavy atom. The van der Waals surface area contributed by atoms with E-state index in [1.807, 2.05) is 26.8 Å². The molecule has 162 valence electrons. The van der Waals surface area contributed by atoms with Crippen molar-refractivity contribution in [3.63, 3.8) is 0 Å². The molecule has 1 amide bonds. The van der Waals surface area contributed by atoms with Gasteiger partial charge in [-0.2, -0.15) is 0 Å². The standard InChI is InChI=1S/C27H31NO3/c1-8-18-13-22-23-14-25(30-7)17(3)12-21(23)20-11-16(2)9-10-19(20)24(22)15-28(18)26(29)31-27(4,5)6/h8-12,14,18H,1,13,15H2,2-7H3/t18-/m1/s1. The fraction of sp³-hybridized carbons (Fsp3) is 0.370. The van der Waals surface area contributed by atoms with E-state index in [1.165, 1.54) is 38.2 Å². The Morgan fingerprint density at radius 3 is 2.42 bits per heavy atom. The van der Waals surface area contributed by atoms with Gasteiger partial charge in [-0.1, -0.05) is 29.8 Å². The predicted octanol–water partition coefficient (Wildman–Crippen LogP) is 6.47. The molecule has 0 aliphatic carbocycles. The van der Waals surface area contributed by atoms with Crippen molar-refractivity contribution in [3.05, 3.63) is 65.2 Å². The number of hydrogen-bond donors (Lipinski definition) is 0. The second-order valence-corrected chi connectivity index (χ2v) is 9.49. The maximum atomic E-state index is 13.0. The molecule has 0 saturated carbocycles. The van der Waals surface area contributed by atoms with Crippen LogP contribution in [0.2, 0.25) is 0 Å². The van der Waals surface area contributed by atoms with E-state index in [9.17, 15) is 4.79 Å². The summed E-state index contributed by atoms with van der Waals surface area (Å²) in [5.41, 5.74) is 4.22. The second kappa shape index (κ2) is 7.60. The van der Waals surface area contributed by atoms with Crippen LogP contribution in [0.25, 0.3) is 21.5 Å². The smallest absolute Gasteiger partial charge is 0.411 e. The molecule has 0 spiro atoms. The number of hydrogen-bond acceptors (Lipinski definition) is 3. The summed E-state index contributed by atoms with van der Waals surface area (Å²) in [5.74, 6) is 0.881. The lowest BCUT2D eigenvalue weighted by molar-refractivity contribution is 0.0166. The number of benzene rings is 3. The Morgan fingerprint density at radius 2 is 1.77 bits per heavy atom. The number of fused-ring (bicyclic) bond motifs is 6.